The summed E-state index contributed by atoms with van der Waals surface area (Å²) in [5.74, 6) is 0. The highest BCUT2D eigenvalue weighted by Crippen LogP contribution is 2.22. The van der Waals surface area contributed by atoms with Crippen LogP contribution in [0, 0.1) is 0 Å². The Labute approximate surface area is 93.3 Å². The van der Waals surface area contributed by atoms with E-state index in [2.05, 4.69) is 6.08 Å². The molecule has 2 nitrogen and oxygen atoms in total. The molecule has 1 N–H and O–H groups in total. The number of hydrogen-bond acceptors (Lipinski definition) is 2. The molecule has 0 spiro atoms. The molecule has 2 atom stereocenters. The van der Waals surface area contributed by atoms with Crippen LogP contribution in [-0.2, 0) is 4.74 Å². The molecule has 1 rings (SSSR count). The molecule has 0 aromatic heterocycles. The number of allylic oxidation sites excluding steroid dienone is 1. The van der Waals surface area contributed by atoms with Gasteiger partial charge in [0.25, 0.3) is 0 Å². The van der Waals surface area contributed by atoms with Crippen LogP contribution in [0.4, 0.5) is 0 Å². The van der Waals surface area contributed by atoms with Crippen LogP contribution in [0.15, 0.2) is 11.6 Å². The SMILES string of the molecule is COC(C)CCC(O)C1=CCCCCC1. The standard InChI is InChI=1S/C13H24O2/c1-11(15-2)9-10-13(14)12-7-5-3-4-6-8-12/h7,11,13-14H,3-6,8-10H2,1-2H3. The number of ether oxygens (including phenoxy) is 1. The highest BCUT2D eigenvalue weighted by atomic mass is 16.5. The van der Waals surface area contributed by atoms with Crippen LogP contribution in [0.2, 0.25) is 0 Å². The molecule has 2 heteroatoms. The minimum absolute atomic E-state index is 0.235. The van der Waals surface area contributed by atoms with Gasteiger partial charge in [-0.1, -0.05) is 12.5 Å². The number of rotatable bonds is 5. The lowest BCUT2D eigenvalue weighted by atomic mass is 9.99. The highest BCUT2D eigenvalue weighted by molar-refractivity contribution is 5.09. The molecule has 0 saturated carbocycles. The second kappa shape index (κ2) is 7.02. The van der Waals surface area contributed by atoms with Crippen LogP contribution < -0.4 is 0 Å². The van der Waals surface area contributed by atoms with Crippen LogP contribution in [0.25, 0.3) is 0 Å². The highest BCUT2D eigenvalue weighted by Gasteiger charge is 2.13. The summed E-state index contributed by atoms with van der Waals surface area (Å²) in [7, 11) is 1.72. The summed E-state index contributed by atoms with van der Waals surface area (Å²) in [6.07, 6.45) is 10.1. The van der Waals surface area contributed by atoms with Gasteiger partial charge in [0.2, 0.25) is 0 Å². The Hall–Kier alpha value is -0.340. The average molecular weight is 212 g/mol. The first-order valence-electron chi connectivity index (χ1n) is 6.14. The molecular weight excluding hydrogens is 188 g/mol. The van der Waals surface area contributed by atoms with E-state index in [4.69, 9.17) is 4.74 Å². The van der Waals surface area contributed by atoms with Crippen molar-refractivity contribution < 1.29 is 9.84 Å². The Balaban J connectivity index is 2.31. The molecule has 0 radical (unpaired) electrons. The minimum Gasteiger partial charge on any atom is -0.389 e. The van der Waals surface area contributed by atoms with Crippen LogP contribution in [-0.4, -0.2) is 24.4 Å². The topological polar surface area (TPSA) is 29.5 Å². The molecule has 0 bridgehead atoms. The van der Waals surface area contributed by atoms with Gasteiger partial charge in [-0.25, -0.2) is 0 Å². The molecule has 0 heterocycles. The largest absolute Gasteiger partial charge is 0.389 e. The lowest BCUT2D eigenvalue weighted by molar-refractivity contribution is 0.0921. The minimum atomic E-state index is -0.235. The Morgan fingerprint density at radius 1 is 1.33 bits per heavy atom. The maximum Gasteiger partial charge on any atom is 0.0751 e. The van der Waals surface area contributed by atoms with Gasteiger partial charge in [0, 0.05) is 7.11 Å². The summed E-state index contributed by atoms with van der Waals surface area (Å²) in [5, 5.41) is 10.0. The van der Waals surface area contributed by atoms with Gasteiger partial charge >= 0.3 is 0 Å². The predicted octanol–water partition coefficient (Wildman–Crippen LogP) is 3.05. The first-order chi connectivity index (χ1) is 7.24. The number of hydrogen-bond donors (Lipinski definition) is 1. The van der Waals surface area contributed by atoms with Gasteiger partial charge in [-0.3, -0.25) is 0 Å². The van der Waals surface area contributed by atoms with E-state index < -0.39 is 0 Å². The van der Waals surface area contributed by atoms with E-state index in [0.29, 0.717) is 0 Å². The zero-order chi connectivity index (χ0) is 11.1. The van der Waals surface area contributed by atoms with E-state index in [-0.39, 0.29) is 12.2 Å². The van der Waals surface area contributed by atoms with Crippen molar-refractivity contribution in [1.82, 2.24) is 0 Å². The first kappa shape index (κ1) is 12.7. The van der Waals surface area contributed by atoms with Crippen LogP contribution in [0.5, 0.6) is 0 Å². The monoisotopic (exact) mass is 212 g/mol. The van der Waals surface area contributed by atoms with E-state index in [0.717, 1.165) is 25.7 Å². The fourth-order valence-corrected chi connectivity index (χ4v) is 2.04. The van der Waals surface area contributed by atoms with Crippen molar-refractivity contribution in [1.29, 1.82) is 0 Å². The molecule has 1 aliphatic carbocycles. The van der Waals surface area contributed by atoms with Crippen molar-refractivity contribution in [2.45, 2.75) is 64.1 Å². The molecule has 2 unspecified atom stereocenters. The lowest BCUT2D eigenvalue weighted by Crippen LogP contribution is -2.14. The summed E-state index contributed by atoms with van der Waals surface area (Å²) in [6, 6.07) is 0. The summed E-state index contributed by atoms with van der Waals surface area (Å²) in [6.45, 7) is 2.05. The Morgan fingerprint density at radius 3 is 2.87 bits per heavy atom. The normalized spacial score (nSPS) is 21.7. The van der Waals surface area contributed by atoms with Crippen molar-refractivity contribution in [2.75, 3.05) is 7.11 Å². The molecule has 1 aliphatic rings. The third kappa shape index (κ3) is 4.80. The van der Waals surface area contributed by atoms with E-state index in [9.17, 15) is 5.11 Å². The first-order valence-corrected chi connectivity index (χ1v) is 6.14. The summed E-state index contributed by atoms with van der Waals surface area (Å²) >= 11 is 0. The quantitative estimate of drug-likeness (QED) is 0.710. The lowest BCUT2D eigenvalue weighted by Gasteiger charge is -2.16. The van der Waals surface area contributed by atoms with Crippen molar-refractivity contribution >= 4 is 0 Å². The van der Waals surface area contributed by atoms with Gasteiger partial charge in [0.1, 0.15) is 0 Å². The summed E-state index contributed by atoms with van der Waals surface area (Å²) in [5.41, 5.74) is 1.26. The van der Waals surface area contributed by atoms with Gasteiger partial charge < -0.3 is 9.84 Å². The van der Waals surface area contributed by atoms with E-state index in [1.807, 2.05) is 6.92 Å². The predicted molar refractivity (Wildman–Crippen MR) is 62.9 cm³/mol. The van der Waals surface area contributed by atoms with Crippen molar-refractivity contribution in [3.8, 4) is 0 Å². The maximum absolute atomic E-state index is 10.0. The van der Waals surface area contributed by atoms with E-state index in [1.54, 1.807) is 7.11 Å². The van der Waals surface area contributed by atoms with E-state index in [1.165, 1.54) is 24.8 Å². The van der Waals surface area contributed by atoms with E-state index >= 15 is 0 Å². The third-order valence-electron chi connectivity index (χ3n) is 3.25. The average Bonchev–Trinajstić information content (AvgIpc) is 2.53. The molecule has 0 aromatic rings. The number of aliphatic hydroxyl groups is 1. The fraction of sp³-hybridized carbons (Fsp3) is 0.846. The molecule has 88 valence electrons. The van der Waals surface area contributed by atoms with Crippen LogP contribution >= 0.6 is 0 Å². The smallest absolute Gasteiger partial charge is 0.0751 e. The number of methoxy groups -OCH3 is 1. The molecular formula is C13H24O2. The molecule has 0 fully saturated rings. The Morgan fingerprint density at radius 2 is 2.13 bits per heavy atom. The third-order valence-corrected chi connectivity index (χ3v) is 3.25. The summed E-state index contributed by atoms with van der Waals surface area (Å²) in [4.78, 5) is 0. The number of aliphatic hydroxyl groups excluding tert-OH is 1. The van der Waals surface area contributed by atoms with Crippen LogP contribution in [0.1, 0.15) is 51.9 Å². The van der Waals surface area contributed by atoms with Gasteiger partial charge in [0.15, 0.2) is 0 Å². The second-order valence-corrected chi connectivity index (χ2v) is 4.52. The molecule has 0 aliphatic heterocycles. The van der Waals surface area contributed by atoms with Gasteiger partial charge in [-0.15, -0.1) is 0 Å². The zero-order valence-corrected chi connectivity index (χ0v) is 10.0. The van der Waals surface area contributed by atoms with Crippen molar-refractivity contribution in [3.63, 3.8) is 0 Å². The Bertz CT molecular complexity index is 199. The van der Waals surface area contributed by atoms with Crippen molar-refractivity contribution in [2.24, 2.45) is 0 Å². The zero-order valence-electron chi connectivity index (χ0n) is 10.0. The fourth-order valence-electron chi connectivity index (χ4n) is 2.04. The van der Waals surface area contributed by atoms with Crippen LogP contribution in [0.3, 0.4) is 0 Å². The van der Waals surface area contributed by atoms with Gasteiger partial charge in [0.05, 0.1) is 12.2 Å². The molecule has 0 saturated heterocycles. The molecule has 15 heavy (non-hydrogen) atoms. The van der Waals surface area contributed by atoms with Gasteiger partial charge in [-0.2, -0.15) is 0 Å². The second-order valence-electron chi connectivity index (χ2n) is 4.52. The Kier molecular flexibility index (Phi) is 5.96. The molecule has 0 aromatic carbocycles. The summed E-state index contributed by atoms with van der Waals surface area (Å²) < 4.78 is 5.18. The maximum atomic E-state index is 10.0. The molecule has 0 amide bonds. The van der Waals surface area contributed by atoms with Gasteiger partial charge in [-0.05, 0) is 51.0 Å². The van der Waals surface area contributed by atoms with Crippen molar-refractivity contribution in [3.05, 3.63) is 11.6 Å².